The predicted octanol–water partition coefficient (Wildman–Crippen LogP) is 4.41. The third-order valence-electron chi connectivity index (χ3n) is 4.06. The second-order valence-electron chi connectivity index (χ2n) is 5.73. The SMILES string of the molecule is CCCOc1cc(OC2CCCC(CC)C2)ccc1N. The molecular weight excluding hydrogens is 250 g/mol. The lowest BCUT2D eigenvalue weighted by Gasteiger charge is -2.29. The Kier molecular flexibility index (Phi) is 5.57. The summed E-state index contributed by atoms with van der Waals surface area (Å²) in [4.78, 5) is 0. The van der Waals surface area contributed by atoms with Crippen LogP contribution in [-0.2, 0) is 0 Å². The van der Waals surface area contributed by atoms with E-state index in [1.165, 1.54) is 25.7 Å². The average molecular weight is 277 g/mol. The van der Waals surface area contributed by atoms with E-state index in [-0.39, 0.29) is 0 Å². The lowest BCUT2D eigenvalue weighted by atomic mass is 9.85. The molecular formula is C17H27NO2. The zero-order valence-electron chi connectivity index (χ0n) is 12.7. The van der Waals surface area contributed by atoms with Gasteiger partial charge >= 0.3 is 0 Å². The number of nitrogens with two attached hydrogens (primary N) is 1. The van der Waals surface area contributed by atoms with Crippen molar-refractivity contribution >= 4 is 5.69 Å². The van der Waals surface area contributed by atoms with Gasteiger partial charge in [0, 0.05) is 6.07 Å². The van der Waals surface area contributed by atoms with Crippen LogP contribution in [-0.4, -0.2) is 12.7 Å². The quantitative estimate of drug-likeness (QED) is 0.783. The van der Waals surface area contributed by atoms with Crippen molar-refractivity contribution in [2.75, 3.05) is 12.3 Å². The standard InChI is InChI=1S/C17H27NO2/c1-3-10-19-17-12-15(8-9-16(17)18)20-14-7-5-6-13(4-2)11-14/h8-9,12-14H,3-7,10-11,18H2,1-2H3. The molecule has 1 saturated carbocycles. The highest BCUT2D eigenvalue weighted by atomic mass is 16.5. The van der Waals surface area contributed by atoms with Gasteiger partial charge in [0.2, 0.25) is 0 Å². The van der Waals surface area contributed by atoms with Crippen molar-refractivity contribution in [2.24, 2.45) is 5.92 Å². The fourth-order valence-electron chi connectivity index (χ4n) is 2.84. The number of hydrogen-bond donors (Lipinski definition) is 1. The highest BCUT2D eigenvalue weighted by Gasteiger charge is 2.22. The van der Waals surface area contributed by atoms with Crippen molar-refractivity contribution in [1.29, 1.82) is 0 Å². The van der Waals surface area contributed by atoms with Gasteiger partial charge in [-0.15, -0.1) is 0 Å². The smallest absolute Gasteiger partial charge is 0.145 e. The molecule has 0 spiro atoms. The first-order chi connectivity index (χ1) is 9.72. The van der Waals surface area contributed by atoms with E-state index in [0.717, 1.165) is 30.3 Å². The minimum Gasteiger partial charge on any atom is -0.491 e. The molecule has 0 radical (unpaired) electrons. The van der Waals surface area contributed by atoms with Crippen molar-refractivity contribution in [2.45, 2.75) is 58.5 Å². The van der Waals surface area contributed by atoms with Gasteiger partial charge in [-0.05, 0) is 43.7 Å². The molecule has 0 saturated heterocycles. The normalized spacial score (nSPS) is 22.5. The zero-order valence-corrected chi connectivity index (χ0v) is 12.7. The minimum atomic E-state index is 0.344. The lowest BCUT2D eigenvalue weighted by molar-refractivity contribution is 0.121. The predicted molar refractivity (Wildman–Crippen MR) is 83.3 cm³/mol. The number of benzene rings is 1. The minimum absolute atomic E-state index is 0.344. The molecule has 2 N–H and O–H groups in total. The summed E-state index contributed by atoms with van der Waals surface area (Å²) >= 11 is 0. The van der Waals surface area contributed by atoms with E-state index < -0.39 is 0 Å². The third-order valence-corrected chi connectivity index (χ3v) is 4.06. The second-order valence-corrected chi connectivity index (χ2v) is 5.73. The molecule has 2 rings (SSSR count). The van der Waals surface area contributed by atoms with Crippen LogP contribution in [0.1, 0.15) is 52.4 Å². The summed E-state index contributed by atoms with van der Waals surface area (Å²) in [6.07, 6.45) is 7.53. The summed E-state index contributed by atoms with van der Waals surface area (Å²) in [6.45, 7) is 5.05. The molecule has 3 heteroatoms. The zero-order chi connectivity index (χ0) is 14.4. The molecule has 112 valence electrons. The van der Waals surface area contributed by atoms with Gasteiger partial charge in [-0.25, -0.2) is 0 Å². The van der Waals surface area contributed by atoms with Gasteiger partial charge in [0.05, 0.1) is 18.4 Å². The van der Waals surface area contributed by atoms with Gasteiger partial charge in [0.15, 0.2) is 0 Å². The molecule has 2 unspecified atom stereocenters. The first-order valence-corrected chi connectivity index (χ1v) is 7.91. The fraction of sp³-hybridized carbons (Fsp3) is 0.647. The van der Waals surface area contributed by atoms with E-state index in [0.29, 0.717) is 18.4 Å². The van der Waals surface area contributed by atoms with Crippen molar-refractivity contribution < 1.29 is 9.47 Å². The van der Waals surface area contributed by atoms with Crippen LogP contribution < -0.4 is 15.2 Å². The van der Waals surface area contributed by atoms with E-state index >= 15 is 0 Å². The van der Waals surface area contributed by atoms with E-state index in [2.05, 4.69) is 13.8 Å². The van der Waals surface area contributed by atoms with Crippen molar-refractivity contribution in [3.05, 3.63) is 18.2 Å². The van der Waals surface area contributed by atoms with Crippen LogP contribution in [0, 0.1) is 5.92 Å². The Morgan fingerprint density at radius 1 is 1.25 bits per heavy atom. The summed E-state index contributed by atoms with van der Waals surface area (Å²) in [7, 11) is 0. The van der Waals surface area contributed by atoms with Gasteiger partial charge in [0.1, 0.15) is 11.5 Å². The summed E-state index contributed by atoms with van der Waals surface area (Å²) in [6, 6.07) is 5.75. The monoisotopic (exact) mass is 277 g/mol. The number of ether oxygens (including phenoxy) is 2. The van der Waals surface area contributed by atoms with Crippen LogP contribution in [0.3, 0.4) is 0 Å². The Hall–Kier alpha value is -1.38. The summed E-state index contributed by atoms with van der Waals surface area (Å²) in [5, 5.41) is 0. The average Bonchev–Trinajstić information content (AvgIpc) is 2.48. The van der Waals surface area contributed by atoms with Crippen LogP contribution in [0.2, 0.25) is 0 Å². The van der Waals surface area contributed by atoms with Gasteiger partial charge in [0.25, 0.3) is 0 Å². The summed E-state index contributed by atoms with van der Waals surface area (Å²) in [5.74, 6) is 2.44. The highest BCUT2D eigenvalue weighted by molar-refractivity contribution is 5.55. The molecule has 0 amide bonds. The van der Waals surface area contributed by atoms with Gasteiger partial charge in [-0.3, -0.25) is 0 Å². The number of rotatable bonds is 6. The molecule has 1 aliphatic rings. The first kappa shape index (κ1) is 15.0. The third kappa shape index (κ3) is 4.06. The maximum Gasteiger partial charge on any atom is 0.145 e. The summed E-state index contributed by atoms with van der Waals surface area (Å²) in [5.41, 5.74) is 6.61. The molecule has 0 bridgehead atoms. The number of nitrogen functional groups attached to an aromatic ring is 1. The number of hydrogen-bond acceptors (Lipinski definition) is 3. The molecule has 1 fully saturated rings. The lowest BCUT2D eigenvalue weighted by Crippen LogP contribution is -2.25. The van der Waals surface area contributed by atoms with E-state index in [9.17, 15) is 0 Å². The molecule has 2 atom stereocenters. The van der Waals surface area contributed by atoms with Crippen molar-refractivity contribution in [3.63, 3.8) is 0 Å². The maximum atomic E-state index is 6.13. The molecule has 1 aliphatic carbocycles. The van der Waals surface area contributed by atoms with Gasteiger partial charge in [-0.2, -0.15) is 0 Å². The Labute approximate surface area is 122 Å². The maximum absolute atomic E-state index is 6.13. The highest BCUT2D eigenvalue weighted by Crippen LogP contribution is 2.32. The van der Waals surface area contributed by atoms with Gasteiger partial charge < -0.3 is 15.2 Å². The van der Waals surface area contributed by atoms with Crippen molar-refractivity contribution in [1.82, 2.24) is 0 Å². The molecule has 20 heavy (non-hydrogen) atoms. The Morgan fingerprint density at radius 3 is 2.85 bits per heavy atom. The van der Waals surface area contributed by atoms with Crippen LogP contribution in [0.4, 0.5) is 5.69 Å². The van der Waals surface area contributed by atoms with E-state index in [1.54, 1.807) is 0 Å². The Balaban J connectivity index is 1.98. The van der Waals surface area contributed by atoms with Crippen molar-refractivity contribution in [3.8, 4) is 11.5 Å². The van der Waals surface area contributed by atoms with E-state index in [4.69, 9.17) is 15.2 Å². The molecule has 1 aromatic carbocycles. The van der Waals surface area contributed by atoms with Gasteiger partial charge in [-0.1, -0.05) is 26.7 Å². The summed E-state index contributed by atoms with van der Waals surface area (Å²) < 4.78 is 11.8. The number of anilines is 1. The van der Waals surface area contributed by atoms with Crippen LogP contribution in [0.25, 0.3) is 0 Å². The second kappa shape index (κ2) is 7.41. The van der Waals surface area contributed by atoms with Crippen LogP contribution in [0.15, 0.2) is 18.2 Å². The first-order valence-electron chi connectivity index (χ1n) is 7.91. The van der Waals surface area contributed by atoms with E-state index in [1.807, 2.05) is 18.2 Å². The van der Waals surface area contributed by atoms with Crippen LogP contribution >= 0.6 is 0 Å². The molecule has 1 aromatic rings. The topological polar surface area (TPSA) is 44.5 Å². The Morgan fingerprint density at radius 2 is 2.10 bits per heavy atom. The fourth-order valence-corrected chi connectivity index (χ4v) is 2.84. The Bertz CT molecular complexity index is 419. The molecule has 0 aromatic heterocycles. The van der Waals surface area contributed by atoms with Crippen LogP contribution in [0.5, 0.6) is 11.5 Å². The molecule has 3 nitrogen and oxygen atoms in total. The molecule has 0 aliphatic heterocycles. The largest absolute Gasteiger partial charge is 0.491 e. The molecule has 0 heterocycles.